The van der Waals surface area contributed by atoms with E-state index < -0.39 is 23.4 Å². The van der Waals surface area contributed by atoms with E-state index in [1.165, 1.54) is 28.4 Å². The first-order chi connectivity index (χ1) is 17.4. The number of fused-ring (bicyclic) bond motifs is 1. The minimum atomic E-state index is -1.00. The normalized spacial score (nSPS) is 15.4. The number of hydrogen-bond acceptors (Lipinski definition) is 9. The van der Waals surface area contributed by atoms with Crippen molar-refractivity contribution in [1.82, 2.24) is 4.57 Å². The van der Waals surface area contributed by atoms with E-state index in [1.54, 1.807) is 42.5 Å². The van der Waals surface area contributed by atoms with Gasteiger partial charge < -0.3 is 24.7 Å². The molecule has 0 aliphatic carbocycles. The van der Waals surface area contributed by atoms with Crippen LogP contribution in [0.4, 0.5) is 0 Å². The number of carbonyl (C=O) groups excluding carboxylic acids is 2. The molecule has 0 spiro atoms. The van der Waals surface area contributed by atoms with Crippen molar-refractivity contribution in [3.05, 3.63) is 84.8 Å². The molecule has 1 aliphatic heterocycles. The summed E-state index contributed by atoms with van der Waals surface area (Å²) >= 11 is 1.06. The van der Waals surface area contributed by atoms with Gasteiger partial charge in [-0.2, -0.15) is 0 Å². The number of thiazole rings is 1. The zero-order valence-corrected chi connectivity index (χ0v) is 20.9. The summed E-state index contributed by atoms with van der Waals surface area (Å²) in [5.41, 5.74) is 7.11. The third kappa shape index (κ3) is 4.05. The van der Waals surface area contributed by atoms with E-state index in [1.807, 2.05) is 12.1 Å². The molecule has 0 saturated carbocycles. The number of para-hydroxylation sites is 2. The number of hydrogen-bond donors (Lipinski definition) is 1. The van der Waals surface area contributed by atoms with Crippen molar-refractivity contribution < 1.29 is 28.5 Å². The van der Waals surface area contributed by atoms with Crippen LogP contribution in [0.2, 0.25) is 0 Å². The highest BCUT2D eigenvalue weighted by Crippen LogP contribution is 2.41. The van der Waals surface area contributed by atoms with Crippen LogP contribution in [0.25, 0.3) is 17.5 Å². The number of esters is 2. The summed E-state index contributed by atoms with van der Waals surface area (Å²) in [6.07, 6.45) is 1.65. The zero-order valence-electron chi connectivity index (χ0n) is 20.1. The van der Waals surface area contributed by atoms with Gasteiger partial charge in [0.2, 0.25) is 0 Å². The Labute approximate surface area is 210 Å². The lowest BCUT2D eigenvalue weighted by Gasteiger charge is -2.27. The van der Waals surface area contributed by atoms with Crippen molar-refractivity contribution in [2.24, 2.45) is 5.73 Å². The van der Waals surface area contributed by atoms with Crippen LogP contribution in [0, 0.1) is 0 Å². The van der Waals surface area contributed by atoms with Gasteiger partial charge in [-0.15, -0.1) is 11.3 Å². The van der Waals surface area contributed by atoms with Gasteiger partial charge in [0, 0.05) is 11.1 Å². The average molecular weight is 509 g/mol. The van der Waals surface area contributed by atoms with E-state index in [0.717, 1.165) is 15.9 Å². The number of aromatic nitrogens is 1. The van der Waals surface area contributed by atoms with E-state index in [9.17, 15) is 14.4 Å². The minimum Gasteiger partial charge on any atom is -0.496 e. The molecule has 10 heteroatoms. The largest absolute Gasteiger partial charge is 0.496 e. The number of nitrogens with two attached hydrogens (primary N) is 1. The van der Waals surface area contributed by atoms with E-state index >= 15 is 0 Å². The van der Waals surface area contributed by atoms with Gasteiger partial charge in [-0.3, -0.25) is 9.36 Å². The van der Waals surface area contributed by atoms with Crippen molar-refractivity contribution in [2.45, 2.75) is 5.92 Å². The molecule has 1 atom stereocenters. The molecule has 0 amide bonds. The molecule has 0 fully saturated rings. The maximum Gasteiger partial charge on any atom is 0.338 e. The molecule has 0 radical (unpaired) electrons. The summed E-state index contributed by atoms with van der Waals surface area (Å²) in [7, 11) is 5.44. The van der Waals surface area contributed by atoms with Gasteiger partial charge in [0.1, 0.15) is 22.0 Å². The van der Waals surface area contributed by atoms with Crippen LogP contribution in [-0.4, -0.2) is 44.9 Å². The van der Waals surface area contributed by atoms with Gasteiger partial charge >= 0.3 is 11.9 Å². The van der Waals surface area contributed by atoms with Gasteiger partial charge in [0.05, 0.1) is 50.0 Å². The van der Waals surface area contributed by atoms with Crippen LogP contribution in [0.15, 0.2) is 58.9 Å². The fourth-order valence-corrected chi connectivity index (χ4v) is 5.36. The second-order valence-electron chi connectivity index (χ2n) is 7.67. The number of methoxy groups -OCH3 is 4. The van der Waals surface area contributed by atoms with E-state index in [-0.39, 0.29) is 26.2 Å². The Morgan fingerprint density at radius 1 is 0.889 bits per heavy atom. The van der Waals surface area contributed by atoms with Gasteiger partial charge in [-0.25, -0.2) is 9.59 Å². The van der Waals surface area contributed by atoms with Crippen molar-refractivity contribution in [1.29, 1.82) is 0 Å². The second-order valence-corrected chi connectivity index (χ2v) is 8.70. The summed E-state index contributed by atoms with van der Waals surface area (Å²) in [5.74, 6) is -1.66. The molecular formula is C26H24N2O7S. The first-order valence-electron chi connectivity index (χ1n) is 10.8. The summed E-state index contributed by atoms with van der Waals surface area (Å²) in [5, 5.41) is 0. The minimum absolute atomic E-state index is 0.0679. The predicted molar refractivity (Wildman–Crippen MR) is 135 cm³/mol. The Balaban J connectivity index is 2.16. The predicted octanol–water partition coefficient (Wildman–Crippen LogP) is 1.18. The number of rotatable bonds is 6. The molecule has 1 unspecified atom stereocenters. The Kier molecular flexibility index (Phi) is 6.98. The number of nitrogens with zero attached hydrogens (tertiary/aromatic N) is 1. The van der Waals surface area contributed by atoms with Crippen LogP contribution in [0.3, 0.4) is 0 Å². The lowest BCUT2D eigenvalue weighted by atomic mass is 9.82. The molecule has 186 valence electrons. The zero-order chi connectivity index (χ0) is 26.0. The molecule has 3 aromatic rings. The summed E-state index contributed by atoms with van der Waals surface area (Å²) in [6.45, 7) is 0. The molecule has 1 aliphatic rings. The standard InChI is InChI=1S/C26H24N2O7S/c1-32-16-11-7-5-9-14(16)13-18-23(29)28-22(27)20(25(30)34-3)19(15-10-6-8-12-17(15)33-2)21(24(28)36-18)26(31)35-4/h5-13,19H,27H2,1-4H3/b18-13-. The Morgan fingerprint density at radius 2 is 1.47 bits per heavy atom. The van der Waals surface area contributed by atoms with Crippen molar-refractivity contribution >= 4 is 40.7 Å². The van der Waals surface area contributed by atoms with Crippen LogP contribution >= 0.6 is 11.3 Å². The topological polar surface area (TPSA) is 119 Å². The first kappa shape index (κ1) is 24.8. The molecule has 2 heterocycles. The summed E-state index contributed by atoms with van der Waals surface area (Å²) in [6, 6.07) is 14.1. The highest BCUT2D eigenvalue weighted by atomic mass is 32.1. The molecule has 4 rings (SSSR count). The highest BCUT2D eigenvalue weighted by molar-refractivity contribution is 7.07. The molecule has 2 N–H and O–H groups in total. The molecular weight excluding hydrogens is 484 g/mol. The molecule has 9 nitrogen and oxygen atoms in total. The molecule has 36 heavy (non-hydrogen) atoms. The SMILES string of the molecule is COC(=O)C1=C(N)n2c(s/c(=C\c3ccccc3OC)c2=O)=C(C(=O)OC)C1c1ccccc1OC. The van der Waals surface area contributed by atoms with E-state index in [2.05, 4.69) is 0 Å². The average Bonchev–Trinajstić information content (AvgIpc) is 3.23. The maximum atomic E-state index is 13.6. The van der Waals surface area contributed by atoms with Gasteiger partial charge in [0.25, 0.3) is 5.56 Å². The molecule has 2 aromatic carbocycles. The van der Waals surface area contributed by atoms with Gasteiger partial charge in [-0.1, -0.05) is 36.4 Å². The quantitative estimate of drug-likeness (QED) is 0.493. The smallest absolute Gasteiger partial charge is 0.338 e. The van der Waals surface area contributed by atoms with Crippen LogP contribution in [0.1, 0.15) is 17.0 Å². The lowest BCUT2D eigenvalue weighted by molar-refractivity contribution is -0.136. The first-order valence-corrected chi connectivity index (χ1v) is 11.6. The van der Waals surface area contributed by atoms with E-state index in [0.29, 0.717) is 22.6 Å². The third-order valence-corrected chi connectivity index (χ3v) is 6.94. The summed E-state index contributed by atoms with van der Waals surface area (Å²) in [4.78, 5) is 39.8. The monoisotopic (exact) mass is 508 g/mol. The third-order valence-electron chi connectivity index (χ3n) is 5.83. The lowest BCUT2D eigenvalue weighted by Crippen LogP contribution is -2.41. The number of benzene rings is 2. The van der Waals surface area contributed by atoms with Gasteiger partial charge in [0.15, 0.2) is 0 Å². The number of carbonyl (C=O) groups is 2. The van der Waals surface area contributed by atoms with Crippen LogP contribution in [-0.2, 0) is 19.1 Å². The number of ether oxygens (including phenoxy) is 4. The van der Waals surface area contributed by atoms with Crippen molar-refractivity contribution in [3.8, 4) is 11.5 Å². The molecule has 1 aromatic heterocycles. The Hall–Kier alpha value is -4.31. The van der Waals surface area contributed by atoms with Crippen molar-refractivity contribution in [3.63, 3.8) is 0 Å². The highest BCUT2D eigenvalue weighted by Gasteiger charge is 2.40. The van der Waals surface area contributed by atoms with Gasteiger partial charge in [-0.05, 0) is 18.2 Å². The molecule has 0 bridgehead atoms. The maximum absolute atomic E-state index is 13.6. The van der Waals surface area contributed by atoms with Crippen molar-refractivity contribution in [2.75, 3.05) is 28.4 Å². The fraction of sp³-hybridized carbons (Fsp3) is 0.192. The Morgan fingerprint density at radius 3 is 2.11 bits per heavy atom. The summed E-state index contributed by atoms with van der Waals surface area (Å²) < 4.78 is 22.7. The second kappa shape index (κ2) is 10.1. The fourth-order valence-electron chi connectivity index (χ4n) is 4.21. The molecule has 0 saturated heterocycles. The van der Waals surface area contributed by atoms with Crippen LogP contribution in [0.5, 0.6) is 11.5 Å². The van der Waals surface area contributed by atoms with E-state index in [4.69, 9.17) is 24.7 Å². The van der Waals surface area contributed by atoms with Crippen LogP contribution < -0.4 is 30.0 Å². The Bertz CT molecular complexity index is 1570.